The van der Waals surface area contributed by atoms with E-state index >= 15 is 0 Å². The first-order valence-electron chi connectivity index (χ1n) is 7.39. The first-order chi connectivity index (χ1) is 10.5. The van der Waals surface area contributed by atoms with Crippen LogP contribution in [0, 0.1) is 19.7 Å². The number of nitrogens with zero attached hydrogens (tertiary/aromatic N) is 1. The first kappa shape index (κ1) is 14.6. The summed E-state index contributed by atoms with van der Waals surface area (Å²) in [6, 6.07) is 8.30. The van der Waals surface area contributed by atoms with Crippen LogP contribution >= 0.6 is 0 Å². The van der Waals surface area contributed by atoms with Crippen molar-refractivity contribution in [1.29, 1.82) is 0 Å². The molecule has 1 heterocycles. The lowest BCUT2D eigenvalue weighted by atomic mass is 9.90. The highest BCUT2D eigenvalue weighted by Gasteiger charge is 2.28. The average molecular weight is 298 g/mol. The number of benzene rings is 2. The third-order valence-corrected chi connectivity index (χ3v) is 4.32. The molecule has 3 nitrogen and oxygen atoms in total. The molecule has 0 bridgehead atoms. The Morgan fingerprint density at radius 3 is 2.55 bits per heavy atom. The van der Waals surface area contributed by atoms with Crippen LogP contribution in [0.5, 0.6) is 0 Å². The third-order valence-electron chi connectivity index (χ3n) is 4.32. The quantitative estimate of drug-likeness (QED) is 0.865. The Morgan fingerprint density at radius 2 is 1.86 bits per heavy atom. The van der Waals surface area contributed by atoms with E-state index in [4.69, 9.17) is 5.73 Å². The van der Waals surface area contributed by atoms with Gasteiger partial charge < -0.3 is 10.6 Å². The van der Waals surface area contributed by atoms with E-state index in [1.807, 2.05) is 19.9 Å². The highest BCUT2D eigenvalue weighted by atomic mass is 19.1. The topological polar surface area (TPSA) is 46.3 Å². The van der Waals surface area contributed by atoms with Gasteiger partial charge in [0.2, 0.25) is 0 Å². The van der Waals surface area contributed by atoms with Gasteiger partial charge in [-0.1, -0.05) is 18.2 Å². The molecule has 0 saturated carbocycles. The van der Waals surface area contributed by atoms with Gasteiger partial charge in [-0.25, -0.2) is 4.39 Å². The van der Waals surface area contributed by atoms with Crippen molar-refractivity contribution in [3.63, 3.8) is 0 Å². The molecule has 0 aromatic heterocycles. The van der Waals surface area contributed by atoms with Crippen LogP contribution < -0.4 is 5.73 Å². The summed E-state index contributed by atoms with van der Waals surface area (Å²) >= 11 is 0. The maximum atomic E-state index is 13.0. The predicted molar refractivity (Wildman–Crippen MR) is 85.2 cm³/mol. The van der Waals surface area contributed by atoms with Gasteiger partial charge in [0.15, 0.2) is 0 Å². The molecule has 0 saturated heterocycles. The third kappa shape index (κ3) is 2.45. The van der Waals surface area contributed by atoms with Gasteiger partial charge in [-0.15, -0.1) is 0 Å². The number of carbonyl (C=O) groups excluding carboxylic acids is 1. The van der Waals surface area contributed by atoms with Crippen molar-refractivity contribution < 1.29 is 9.18 Å². The van der Waals surface area contributed by atoms with Crippen molar-refractivity contribution in [1.82, 2.24) is 4.90 Å². The summed E-state index contributed by atoms with van der Waals surface area (Å²) in [7, 11) is 0. The van der Waals surface area contributed by atoms with Crippen LogP contribution in [-0.2, 0) is 13.0 Å². The first-order valence-corrected chi connectivity index (χ1v) is 7.39. The number of fused-ring (bicyclic) bond motifs is 1. The number of hydrogen-bond acceptors (Lipinski definition) is 2. The highest BCUT2D eigenvalue weighted by Crippen LogP contribution is 2.30. The Balaban J connectivity index is 1.92. The van der Waals surface area contributed by atoms with Crippen molar-refractivity contribution in [3.05, 3.63) is 64.0 Å². The molecule has 22 heavy (non-hydrogen) atoms. The van der Waals surface area contributed by atoms with Gasteiger partial charge in [0, 0.05) is 18.8 Å². The Labute approximate surface area is 129 Å². The molecule has 0 fully saturated rings. The highest BCUT2D eigenvalue weighted by molar-refractivity contribution is 6.02. The Hall–Kier alpha value is -2.36. The van der Waals surface area contributed by atoms with Gasteiger partial charge in [0.25, 0.3) is 5.91 Å². The number of hydrogen-bond donors (Lipinski definition) is 1. The summed E-state index contributed by atoms with van der Waals surface area (Å²) in [4.78, 5) is 14.6. The molecule has 1 aliphatic heterocycles. The molecule has 0 unspecified atom stereocenters. The molecule has 0 radical (unpaired) electrons. The van der Waals surface area contributed by atoms with Crippen LogP contribution in [0.3, 0.4) is 0 Å². The molecular weight excluding hydrogens is 279 g/mol. The van der Waals surface area contributed by atoms with Crippen molar-refractivity contribution in [3.8, 4) is 0 Å². The molecule has 1 aliphatic rings. The van der Waals surface area contributed by atoms with Crippen LogP contribution in [0.25, 0.3) is 0 Å². The lowest BCUT2D eigenvalue weighted by Crippen LogP contribution is -2.38. The number of nitrogen functional groups attached to an aromatic ring is 1. The van der Waals surface area contributed by atoms with E-state index < -0.39 is 0 Å². The molecule has 114 valence electrons. The van der Waals surface area contributed by atoms with E-state index in [0.29, 0.717) is 24.3 Å². The largest absolute Gasteiger partial charge is 0.398 e. The van der Waals surface area contributed by atoms with Crippen molar-refractivity contribution in [2.24, 2.45) is 0 Å². The van der Waals surface area contributed by atoms with Crippen LogP contribution in [0.4, 0.5) is 10.1 Å². The van der Waals surface area contributed by atoms with Crippen LogP contribution in [0.15, 0.2) is 30.3 Å². The molecule has 3 rings (SSSR count). The fraction of sp³-hybridized carbons (Fsp3) is 0.278. The van der Waals surface area contributed by atoms with E-state index in [9.17, 15) is 9.18 Å². The molecule has 0 atom stereocenters. The standard InChI is InChI=1S/C18H19FN2O/c1-11-9-12(2)17(20)16-15(11)7-8-21(18(16)22)10-13-3-5-14(19)6-4-13/h3-6,9H,7-8,10,20H2,1-2H3. The molecule has 4 heteroatoms. The number of carbonyl (C=O) groups is 1. The summed E-state index contributed by atoms with van der Waals surface area (Å²) in [6.07, 6.45) is 0.804. The maximum absolute atomic E-state index is 13.0. The monoisotopic (exact) mass is 298 g/mol. The minimum atomic E-state index is -0.269. The minimum Gasteiger partial charge on any atom is -0.398 e. The average Bonchev–Trinajstić information content (AvgIpc) is 2.49. The molecule has 2 aromatic rings. The van der Waals surface area contributed by atoms with Gasteiger partial charge >= 0.3 is 0 Å². The summed E-state index contributed by atoms with van der Waals surface area (Å²) in [5, 5.41) is 0. The van der Waals surface area contributed by atoms with Crippen LogP contribution in [0.1, 0.15) is 32.6 Å². The Morgan fingerprint density at radius 1 is 1.18 bits per heavy atom. The predicted octanol–water partition coefficient (Wildman–Crippen LogP) is 3.22. The molecule has 1 amide bonds. The lowest BCUT2D eigenvalue weighted by molar-refractivity contribution is 0.0728. The van der Waals surface area contributed by atoms with Gasteiger partial charge in [0.1, 0.15) is 5.82 Å². The number of halogens is 1. The van der Waals surface area contributed by atoms with Gasteiger partial charge in [-0.2, -0.15) is 0 Å². The zero-order valence-corrected chi connectivity index (χ0v) is 12.8. The second-order valence-corrected chi connectivity index (χ2v) is 5.88. The fourth-order valence-corrected chi connectivity index (χ4v) is 3.08. The smallest absolute Gasteiger partial charge is 0.256 e. The number of rotatable bonds is 2. The fourth-order valence-electron chi connectivity index (χ4n) is 3.08. The summed E-state index contributed by atoms with van der Waals surface area (Å²) in [5.74, 6) is -0.301. The Bertz CT molecular complexity index is 738. The minimum absolute atomic E-state index is 0.0325. The number of anilines is 1. The van der Waals surface area contributed by atoms with Gasteiger partial charge in [-0.05, 0) is 54.7 Å². The van der Waals surface area contributed by atoms with Crippen LogP contribution in [0.2, 0.25) is 0 Å². The second kappa shape index (κ2) is 5.44. The van der Waals surface area contributed by atoms with E-state index in [1.54, 1.807) is 17.0 Å². The molecular formula is C18H19FN2O. The van der Waals surface area contributed by atoms with E-state index in [0.717, 1.165) is 28.7 Å². The maximum Gasteiger partial charge on any atom is 0.256 e. The SMILES string of the molecule is Cc1cc(C)c2c(c1N)C(=O)N(Cc1ccc(F)cc1)CC2. The van der Waals surface area contributed by atoms with Crippen molar-refractivity contribution in [2.45, 2.75) is 26.8 Å². The van der Waals surface area contributed by atoms with E-state index in [2.05, 4.69) is 0 Å². The second-order valence-electron chi connectivity index (χ2n) is 5.88. The van der Waals surface area contributed by atoms with Gasteiger partial charge in [0.05, 0.1) is 5.56 Å². The lowest BCUT2D eigenvalue weighted by Gasteiger charge is -2.31. The molecule has 0 aliphatic carbocycles. The van der Waals surface area contributed by atoms with Crippen molar-refractivity contribution >= 4 is 11.6 Å². The van der Waals surface area contributed by atoms with Crippen molar-refractivity contribution in [2.75, 3.05) is 12.3 Å². The molecule has 2 aromatic carbocycles. The van der Waals surface area contributed by atoms with Gasteiger partial charge in [-0.3, -0.25) is 4.79 Å². The number of amides is 1. The Kier molecular flexibility index (Phi) is 3.61. The zero-order valence-electron chi connectivity index (χ0n) is 12.8. The normalized spacial score (nSPS) is 14.1. The number of nitrogens with two attached hydrogens (primary N) is 1. The zero-order chi connectivity index (χ0) is 15.9. The molecule has 2 N–H and O–H groups in total. The van der Waals surface area contributed by atoms with E-state index in [-0.39, 0.29) is 11.7 Å². The summed E-state index contributed by atoms with van der Waals surface area (Å²) in [6.45, 7) is 5.08. The van der Waals surface area contributed by atoms with E-state index in [1.165, 1.54) is 12.1 Å². The number of aryl methyl sites for hydroxylation is 2. The summed E-state index contributed by atoms with van der Waals surface area (Å²) < 4.78 is 13.0. The summed E-state index contributed by atoms with van der Waals surface area (Å²) in [5.41, 5.74) is 11.4. The molecule has 0 spiro atoms. The van der Waals surface area contributed by atoms with Crippen LogP contribution in [-0.4, -0.2) is 17.4 Å².